The Bertz CT molecular complexity index is 5050. The minimum absolute atomic E-state index is 0.0949. The van der Waals surface area contributed by atoms with Crippen LogP contribution in [0.5, 0.6) is 0 Å². The zero-order valence-corrected chi connectivity index (χ0v) is 49.9. The monoisotopic (exact) mass is 1190 g/mol. The van der Waals surface area contributed by atoms with Crippen LogP contribution in [-0.2, 0) is 0 Å². The molecule has 14 aromatic carbocycles. The van der Waals surface area contributed by atoms with E-state index in [9.17, 15) is 39.0 Å². The molecule has 0 radical (unpaired) electrons. The second-order valence-electron chi connectivity index (χ2n) is 21.9. The lowest BCUT2D eigenvalue weighted by Gasteiger charge is -2.13. The van der Waals surface area contributed by atoms with Crippen LogP contribution in [0.4, 0.5) is 0 Å². The van der Waals surface area contributed by atoms with Gasteiger partial charge in [-0.25, -0.2) is 0 Å². The molecule has 0 aliphatic rings. The van der Waals surface area contributed by atoms with Gasteiger partial charge in [0, 0.05) is 33.4 Å². The number of Topliss-reactive ketones (excluding diaryl/α,β-unsaturated/α-hetero) is 4. The second kappa shape index (κ2) is 29.2. The van der Waals surface area contributed by atoms with Gasteiger partial charge in [0.15, 0.2) is 34.7 Å². The van der Waals surface area contributed by atoms with Gasteiger partial charge in [-0.2, -0.15) is 0 Å². The third kappa shape index (κ3) is 15.5. The molecule has 14 aromatic rings. The van der Waals surface area contributed by atoms with E-state index in [0.29, 0.717) is 44.5 Å². The van der Waals surface area contributed by atoms with E-state index < -0.39 is 0 Å². The van der Waals surface area contributed by atoms with Crippen molar-refractivity contribution in [3.05, 3.63) is 372 Å². The summed E-state index contributed by atoms with van der Waals surface area (Å²) in [4.78, 5) is 73.8. The number of hydrogen-bond donors (Lipinski definition) is 0. The van der Waals surface area contributed by atoms with Crippen LogP contribution in [-0.4, -0.2) is 34.7 Å². The van der Waals surface area contributed by atoms with Gasteiger partial charge in [0.25, 0.3) is 0 Å². The highest BCUT2D eigenvalue weighted by Crippen LogP contribution is 2.25. The number of carbonyl (C=O) groups is 6. The van der Waals surface area contributed by atoms with Crippen molar-refractivity contribution in [2.45, 2.75) is 12.8 Å². The molecular weight excluding hydrogens is 1140 g/mol. The Morgan fingerprint density at radius 2 is 0.413 bits per heavy atom. The standard InChI is InChI=1S/2C23H16O2.2C19H14O2/c2*24-22(20-11-9-16-5-1-3-7-18(16)13-20)15-23(25)21-12-10-17-6-2-4-8-19(17)14-21;2*20-18(15-7-2-1-3-8-15)13-19(21)17-11-10-14-6-4-5-9-16(14)12-17/h1-14H,15H2;1-15,24H;1-12H,13H2;1-13,21H/p-2/b;22-15-;;. The number of fused-ring (bicyclic) bond motifs is 6. The summed E-state index contributed by atoms with van der Waals surface area (Å²) in [6.45, 7) is 0. The van der Waals surface area contributed by atoms with E-state index in [4.69, 9.17) is 0 Å². The number of rotatable bonds is 14. The minimum atomic E-state index is -0.274. The molecule has 0 aliphatic carbocycles. The quantitative estimate of drug-likeness (QED) is 0.0452. The molecule has 0 aromatic heterocycles. The second-order valence-corrected chi connectivity index (χ2v) is 21.9. The Morgan fingerprint density at radius 1 is 0.207 bits per heavy atom. The molecule has 0 N–H and O–H groups in total. The van der Waals surface area contributed by atoms with Crippen molar-refractivity contribution in [3.8, 4) is 0 Å². The summed E-state index contributed by atoms with van der Waals surface area (Å²) in [6, 6.07) is 97.9. The van der Waals surface area contributed by atoms with Gasteiger partial charge in [-0.05, 0) is 124 Å². The summed E-state index contributed by atoms with van der Waals surface area (Å²) in [6.07, 6.45) is 2.12. The molecule has 8 nitrogen and oxygen atoms in total. The van der Waals surface area contributed by atoms with Crippen LogP contribution in [0.3, 0.4) is 0 Å². The van der Waals surface area contributed by atoms with Crippen LogP contribution in [0.25, 0.3) is 76.2 Å². The lowest BCUT2D eigenvalue weighted by atomic mass is 9.98. The fourth-order valence-electron chi connectivity index (χ4n) is 10.6. The summed E-state index contributed by atoms with van der Waals surface area (Å²) in [7, 11) is 0. The van der Waals surface area contributed by atoms with Crippen molar-refractivity contribution in [2.75, 3.05) is 0 Å². The lowest BCUT2D eigenvalue weighted by Crippen LogP contribution is -2.08. The summed E-state index contributed by atoms with van der Waals surface area (Å²) >= 11 is 0. The van der Waals surface area contributed by atoms with E-state index >= 15 is 0 Å². The molecule has 0 fully saturated rings. The van der Waals surface area contributed by atoms with Crippen LogP contribution in [0.15, 0.2) is 328 Å². The number of hydrogen-bond acceptors (Lipinski definition) is 8. The molecule has 92 heavy (non-hydrogen) atoms. The van der Waals surface area contributed by atoms with Gasteiger partial charge < -0.3 is 10.2 Å². The molecule has 0 amide bonds. The molecule has 0 unspecified atom stereocenters. The molecule has 0 spiro atoms. The van der Waals surface area contributed by atoms with Crippen molar-refractivity contribution in [1.29, 1.82) is 0 Å². The maximum atomic E-state index is 12.5. The summed E-state index contributed by atoms with van der Waals surface area (Å²) in [5.74, 6) is -1.67. The first-order chi connectivity index (χ1) is 44.9. The van der Waals surface area contributed by atoms with Crippen LogP contribution in [0, 0.1) is 0 Å². The molecule has 0 aliphatic heterocycles. The van der Waals surface area contributed by atoms with Gasteiger partial charge >= 0.3 is 0 Å². The Balaban J connectivity index is 0.000000126. The average molecular weight is 1200 g/mol. The number of carbonyl (C=O) groups excluding carboxylic acids is 6. The van der Waals surface area contributed by atoms with E-state index in [1.165, 1.54) is 6.08 Å². The van der Waals surface area contributed by atoms with E-state index in [2.05, 4.69) is 0 Å². The average Bonchev–Trinajstić information content (AvgIpc) is 1.27. The lowest BCUT2D eigenvalue weighted by molar-refractivity contribution is -0.244. The Morgan fingerprint density at radius 3 is 0.717 bits per heavy atom. The third-order valence-electron chi connectivity index (χ3n) is 15.6. The minimum Gasteiger partial charge on any atom is -0.872 e. The maximum Gasteiger partial charge on any atom is 0.185 e. The highest BCUT2D eigenvalue weighted by molar-refractivity contribution is 6.16. The van der Waals surface area contributed by atoms with E-state index in [0.717, 1.165) is 70.7 Å². The van der Waals surface area contributed by atoms with Crippen molar-refractivity contribution in [2.24, 2.45) is 0 Å². The van der Waals surface area contributed by atoms with Gasteiger partial charge in [0.1, 0.15) is 0 Å². The SMILES string of the molecule is O=C(/C=C(\[O-])c1ccc2ccccc2c1)c1ccc2ccccc2c1.O=C(C=C([O-])c1ccc2ccccc2c1)c1ccccc1.O=C(CC(=O)c1ccc2ccccc2c1)c1ccc2ccccc2c1.O=C(CC(=O)c1ccc2ccccc2c1)c1ccccc1. The Kier molecular flexibility index (Phi) is 19.5. The molecule has 0 saturated heterocycles. The highest BCUT2D eigenvalue weighted by Gasteiger charge is 2.16. The smallest absolute Gasteiger partial charge is 0.185 e. The molecule has 0 heterocycles. The van der Waals surface area contributed by atoms with Crippen LogP contribution in [0.1, 0.15) is 86.1 Å². The first kappa shape index (κ1) is 61.4. The van der Waals surface area contributed by atoms with Crippen molar-refractivity contribution < 1.29 is 39.0 Å². The fraction of sp³-hybridized carbons (Fsp3) is 0.0238. The molecule has 14 rings (SSSR count). The zero-order valence-electron chi connectivity index (χ0n) is 49.9. The third-order valence-corrected chi connectivity index (χ3v) is 15.6. The van der Waals surface area contributed by atoms with Gasteiger partial charge in [-0.15, -0.1) is 0 Å². The van der Waals surface area contributed by atoms with Gasteiger partial charge in [-0.1, -0.05) is 291 Å². The van der Waals surface area contributed by atoms with Crippen LogP contribution < -0.4 is 10.2 Å². The van der Waals surface area contributed by atoms with Gasteiger partial charge in [0.05, 0.1) is 12.8 Å². The first-order valence-electron chi connectivity index (χ1n) is 29.9. The molecule has 0 atom stereocenters. The first-order valence-corrected chi connectivity index (χ1v) is 29.9. The number of benzene rings is 14. The van der Waals surface area contributed by atoms with Crippen molar-refractivity contribution in [3.63, 3.8) is 0 Å². The highest BCUT2D eigenvalue weighted by atomic mass is 16.3. The van der Waals surface area contributed by atoms with Gasteiger partial charge in [0.2, 0.25) is 0 Å². The summed E-state index contributed by atoms with van der Waals surface area (Å²) in [5.41, 5.74) is 4.40. The molecule has 0 bridgehead atoms. The molecule has 444 valence electrons. The van der Waals surface area contributed by atoms with Crippen LogP contribution >= 0.6 is 0 Å². The Labute approximate surface area is 531 Å². The predicted molar refractivity (Wildman–Crippen MR) is 368 cm³/mol. The van der Waals surface area contributed by atoms with Crippen molar-refractivity contribution in [1.82, 2.24) is 0 Å². The van der Waals surface area contributed by atoms with E-state index in [1.807, 2.05) is 231 Å². The van der Waals surface area contributed by atoms with Crippen LogP contribution in [0.2, 0.25) is 0 Å². The van der Waals surface area contributed by atoms with Gasteiger partial charge in [-0.3, -0.25) is 28.8 Å². The number of allylic oxidation sites excluding steroid dienone is 2. The zero-order chi connectivity index (χ0) is 63.8. The molecule has 8 heteroatoms. The summed E-state index contributed by atoms with van der Waals surface area (Å²) < 4.78 is 0. The fourth-order valence-corrected chi connectivity index (χ4v) is 10.6. The Hall–Kier alpha value is -12.3. The topological polar surface area (TPSA) is 149 Å². The van der Waals surface area contributed by atoms with E-state index in [1.54, 1.807) is 84.9 Å². The molecular formula is C84H58O8-2. The van der Waals surface area contributed by atoms with E-state index in [-0.39, 0.29) is 59.1 Å². The summed E-state index contributed by atoms with van der Waals surface area (Å²) in [5, 5.41) is 37.1. The normalized spacial score (nSPS) is 11.2. The predicted octanol–water partition coefficient (Wildman–Crippen LogP) is 17.7. The largest absolute Gasteiger partial charge is 0.872 e. The maximum absolute atomic E-state index is 12.5. The molecule has 0 saturated carbocycles. The van der Waals surface area contributed by atoms with Crippen molar-refractivity contribution >= 4 is 111 Å². The number of ketones is 6.